The van der Waals surface area contributed by atoms with Gasteiger partial charge in [0.25, 0.3) is 0 Å². The predicted octanol–water partition coefficient (Wildman–Crippen LogP) is 3.63. The highest BCUT2D eigenvalue weighted by Crippen LogP contribution is 2.29. The van der Waals surface area contributed by atoms with Crippen molar-refractivity contribution in [1.82, 2.24) is 0 Å². The normalized spacial score (nSPS) is 12.2. The number of aliphatic hydroxyl groups is 1. The fourth-order valence-electron chi connectivity index (χ4n) is 1.93. The van der Waals surface area contributed by atoms with Crippen molar-refractivity contribution in [3.8, 4) is 5.75 Å². The Kier molecular flexibility index (Phi) is 4.00. The highest BCUT2D eigenvalue weighted by atomic mass is 16.5. The van der Waals surface area contributed by atoms with Crippen LogP contribution in [0.15, 0.2) is 48.5 Å². The Morgan fingerprint density at radius 3 is 2.44 bits per heavy atom. The molecule has 0 saturated heterocycles. The van der Waals surface area contributed by atoms with E-state index in [2.05, 4.69) is 0 Å². The van der Waals surface area contributed by atoms with Crippen LogP contribution in [0.2, 0.25) is 0 Å². The van der Waals surface area contributed by atoms with E-state index in [4.69, 9.17) is 4.74 Å². The van der Waals surface area contributed by atoms with Gasteiger partial charge in [0.1, 0.15) is 12.4 Å². The van der Waals surface area contributed by atoms with Crippen LogP contribution in [-0.4, -0.2) is 5.11 Å². The monoisotopic (exact) mass is 242 g/mol. The second kappa shape index (κ2) is 5.69. The zero-order valence-electron chi connectivity index (χ0n) is 10.8. The molecular formula is C16H18O2. The third-order valence-corrected chi connectivity index (χ3v) is 2.92. The summed E-state index contributed by atoms with van der Waals surface area (Å²) < 4.78 is 5.86. The average molecular weight is 242 g/mol. The summed E-state index contributed by atoms with van der Waals surface area (Å²) in [5, 5.41) is 9.75. The number of rotatable bonds is 4. The second-order valence-corrected chi connectivity index (χ2v) is 4.44. The first-order chi connectivity index (χ1) is 8.68. The minimum atomic E-state index is -0.518. The van der Waals surface area contributed by atoms with Crippen molar-refractivity contribution < 1.29 is 9.84 Å². The molecule has 0 fully saturated rings. The lowest BCUT2D eigenvalue weighted by molar-refractivity contribution is 0.189. The molecule has 2 aromatic carbocycles. The quantitative estimate of drug-likeness (QED) is 0.887. The first kappa shape index (κ1) is 12.7. The summed E-state index contributed by atoms with van der Waals surface area (Å²) >= 11 is 0. The highest BCUT2D eigenvalue weighted by Gasteiger charge is 2.11. The largest absolute Gasteiger partial charge is 0.488 e. The number of benzene rings is 2. The van der Waals surface area contributed by atoms with Crippen LogP contribution in [0, 0.1) is 6.92 Å². The van der Waals surface area contributed by atoms with Crippen LogP contribution in [-0.2, 0) is 6.61 Å². The van der Waals surface area contributed by atoms with Crippen LogP contribution in [0.1, 0.15) is 29.7 Å². The molecule has 1 unspecified atom stereocenters. The summed E-state index contributed by atoms with van der Waals surface area (Å²) in [6, 6.07) is 15.9. The lowest BCUT2D eigenvalue weighted by Gasteiger charge is -2.15. The van der Waals surface area contributed by atoms with Gasteiger partial charge < -0.3 is 9.84 Å². The molecule has 0 bridgehead atoms. The predicted molar refractivity (Wildman–Crippen MR) is 72.6 cm³/mol. The maximum atomic E-state index is 9.75. The Bertz CT molecular complexity index is 504. The van der Waals surface area contributed by atoms with Crippen LogP contribution in [0.3, 0.4) is 0 Å². The summed E-state index contributed by atoms with van der Waals surface area (Å²) in [5.41, 5.74) is 3.01. The van der Waals surface area contributed by atoms with E-state index in [-0.39, 0.29) is 0 Å². The van der Waals surface area contributed by atoms with Gasteiger partial charge in [-0.1, -0.05) is 48.5 Å². The molecule has 0 spiro atoms. The molecule has 2 aromatic rings. The lowest BCUT2D eigenvalue weighted by atomic mass is 10.1. The van der Waals surface area contributed by atoms with Gasteiger partial charge in [0.05, 0.1) is 6.10 Å². The minimum Gasteiger partial charge on any atom is -0.488 e. The first-order valence-corrected chi connectivity index (χ1v) is 6.13. The molecule has 1 N–H and O–H groups in total. The average Bonchev–Trinajstić information content (AvgIpc) is 2.38. The van der Waals surface area contributed by atoms with E-state index in [0.717, 1.165) is 22.4 Å². The van der Waals surface area contributed by atoms with Crippen molar-refractivity contribution in [1.29, 1.82) is 0 Å². The number of para-hydroxylation sites is 1. The highest BCUT2D eigenvalue weighted by molar-refractivity contribution is 5.42. The molecule has 18 heavy (non-hydrogen) atoms. The van der Waals surface area contributed by atoms with E-state index in [0.29, 0.717) is 6.61 Å². The van der Waals surface area contributed by atoms with Crippen LogP contribution in [0.5, 0.6) is 5.75 Å². The molecule has 94 valence electrons. The lowest BCUT2D eigenvalue weighted by Crippen LogP contribution is -2.02. The van der Waals surface area contributed by atoms with Gasteiger partial charge in [-0.05, 0) is 25.0 Å². The molecule has 1 atom stereocenters. The van der Waals surface area contributed by atoms with Crippen molar-refractivity contribution in [2.45, 2.75) is 26.6 Å². The molecule has 0 aliphatic rings. The number of aryl methyl sites for hydroxylation is 1. The van der Waals surface area contributed by atoms with Gasteiger partial charge in [-0.25, -0.2) is 0 Å². The molecule has 0 amide bonds. The van der Waals surface area contributed by atoms with Gasteiger partial charge in [-0.15, -0.1) is 0 Å². The van der Waals surface area contributed by atoms with Crippen LogP contribution < -0.4 is 4.74 Å². The van der Waals surface area contributed by atoms with E-state index in [1.807, 2.05) is 55.5 Å². The Morgan fingerprint density at radius 1 is 1.06 bits per heavy atom. The molecular weight excluding hydrogens is 224 g/mol. The van der Waals surface area contributed by atoms with Gasteiger partial charge in [-0.3, -0.25) is 0 Å². The standard InChI is InChI=1S/C16H18O2/c1-12-7-6-10-15(13(2)17)16(12)18-11-14-8-4-3-5-9-14/h3-10,13,17H,11H2,1-2H3. The van der Waals surface area contributed by atoms with Crippen molar-refractivity contribution in [2.24, 2.45) is 0 Å². The molecule has 2 nitrogen and oxygen atoms in total. The van der Waals surface area contributed by atoms with Crippen LogP contribution >= 0.6 is 0 Å². The van der Waals surface area contributed by atoms with E-state index in [1.165, 1.54) is 0 Å². The summed E-state index contributed by atoms with van der Waals surface area (Å²) in [4.78, 5) is 0. The molecule has 0 aliphatic carbocycles. The molecule has 0 heterocycles. The molecule has 0 aromatic heterocycles. The van der Waals surface area contributed by atoms with Crippen molar-refractivity contribution in [3.05, 3.63) is 65.2 Å². The summed E-state index contributed by atoms with van der Waals surface area (Å²) in [6.45, 7) is 4.27. The molecule has 2 heteroatoms. The fraction of sp³-hybridized carbons (Fsp3) is 0.250. The zero-order chi connectivity index (χ0) is 13.0. The Balaban J connectivity index is 2.19. The first-order valence-electron chi connectivity index (χ1n) is 6.13. The minimum absolute atomic E-state index is 0.518. The Hall–Kier alpha value is -1.80. The van der Waals surface area contributed by atoms with E-state index in [9.17, 15) is 5.11 Å². The maximum Gasteiger partial charge on any atom is 0.128 e. The van der Waals surface area contributed by atoms with E-state index < -0.39 is 6.10 Å². The summed E-state index contributed by atoms with van der Waals surface area (Å²) in [5.74, 6) is 0.788. The van der Waals surface area contributed by atoms with Crippen LogP contribution in [0.4, 0.5) is 0 Å². The number of ether oxygens (including phenoxy) is 1. The Labute approximate surface area is 108 Å². The fourth-order valence-corrected chi connectivity index (χ4v) is 1.93. The maximum absolute atomic E-state index is 9.75. The molecule has 2 rings (SSSR count). The number of aliphatic hydroxyl groups excluding tert-OH is 1. The van der Waals surface area contributed by atoms with Gasteiger partial charge in [0, 0.05) is 5.56 Å². The van der Waals surface area contributed by atoms with Gasteiger partial charge in [0.15, 0.2) is 0 Å². The third-order valence-electron chi connectivity index (χ3n) is 2.92. The van der Waals surface area contributed by atoms with E-state index >= 15 is 0 Å². The van der Waals surface area contributed by atoms with Crippen molar-refractivity contribution in [3.63, 3.8) is 0 Å². The smallest absolute Gasteiger partial charge is 0.128 e. The van der Waals surface area contributed by atoms with Gasteiger partial charge >= 0.3 is 0 Å². The van der Waals surface area contributed by atoms with Crippen molar-refractivity contribution in [2.75, 3.05) is 0 Å². The SMILES string of the molecule is Cc1cccc(C(C)O)c1OCc1ccccc1. The molecule has 0 aliphatic heterocycles. The summed E-state index contributed by atoms with van der Waals surface area (Å²) in [7, 11) is 0. The summed E-state index contributed by atoms with van der Waals surface area (Å²) in [6.07, 6.45) is -0.518. The van der Waals surface area contributed by atoms with Crippen LogP contribution in [0.25, 0.3) is 0 Å². The molecule has 0 radical (unpaired) electrons. The molecule has 0 saturated carbocycles. The van der Waals surface area contributed by atoms with Crippen molar-refractivity contribution >= 4 is 0 Å². The topological polar surface area (TPSA) is 29.5 Å². The Morgan fingerprint density at radius 2 is 1.78 bits per heavy atom. The van der Waals surface area contributed by atoms with E-state index in [1.54, 1.807) is 6.92 Å². The zero-order valence-corrected chi connectivity index (χ0v) is 10.8. The third kappa shape index (κ3) is 2.90. The number of hydrogen-bond donors (Lipinski definition) is 1. The van der Waals surface area contributed by atoms with Gasteiger partial charge in [-0.2, -0.15) is 0 Å². The second-order valence-electron chi connectivity index (χ2n) is 4.44. The van der Waals surface area contributed by atoms with Gasteiger partial charge in [0.2, 0.25) is 0 Å². The number of hydrogen-bond acceptors (Lipinski definition) is 2.